The van der Waals surface area contributed by atoms with Crippen LogP contribution in [0.4, 0.5) is 18.0 Å². The van der Waals surface area contributed by atoms with Gasteiger partial charge in [0.15, 0.2) is 5.69 Å². The highest BCUT2D eigenvalue weighted by Gasteiger charge is 2.42. The van der Waals surface area contributed by atoms with Crippen molar-refractivity contribution in [3.63, 3.8) is 0 Å². The van der Waals surface area contributed by atoms with E-state index in [4.69, 9.17) is 16.3 Å². The highest BCUT2D eigenvalue weighted by molar-refractivity contribution is 6.30. The van der Waals surface area contributed by atoms with E-state index in [0.29, 0.717) is 4.68 Å². The first-order valence-corrected chi connectivity index (χ1v) is 9.22. The molecule has 0 saturated carbocycles. The Labute approximate surface area is 169 Å². The number of carbonyl (C=O) groups excluding carboxylic acids is 2. The van der Waals surface area contributed by atoms with Crippen LogP contribution in [0.25, 0.3) is 5.69 Å². The van der Waals surface area contributed by atoms with Crippen LogP contribution in [-0.4, -0.2) is 64.4 Å². The van der Waals surface area contributed by atoms with E-state index in [0.717, 1.165) is 6.20 Å². The van der Waals surface area contributed by atoms with Gasteiger partial charge < -0.3 is 14.5 Å². The molecule has 0 aliphatic carbocycles. The van der Waals surface area contributed by atoms with Crippen LogP contribution in [0.2, 0.25) is 5.02 Å². The normalized spacial score (nSPS) is 14.8. The highest BCUT2D eigenvalue weighted by atomic mass is 35.5. The number of benzene rings is 1. The van der Waals surface area contributed by atoms with Crippen LogP contribution < -0.4 is 0 Å². The minimum atomic E-state index is -4.81. The summed E-state index contributed by atoms with van der Waals surface area (Å²) in [5.41, 5.74) is -1.63. The number of piperazine rings is 1. The maximum atomic E-state index is 13.8. The number of nitrogens with zero attached hydrogens (tertiary/aromatic N) is 4. The third-order valence-electron chi connectivity index (χ3n) is 4.41. The van der Waals surface area contributed by atoms with Crippen molar-refractivity contribution < 1.29 is 27.5 Å². The molecule has 0 radical (unpaired) electrons. The summed E-state index contributed by atoms with van der Waals surface area (Å²) in [6, 6.07) is 5.77. The number of hydrogen-bond acceptors (Lipinski definition) is 4. The van der Waals surface area contributed by atoms with E-state index in [2.05, 4.69) is 5.10 Å². The lowest BCUT2D eigenvalue weighted by atomic mass is 10.2. The fraction of sp³-hybridized carbons (Fsp3) is 0.389. The quantitative estimate of drug-likeness (QED) is 0.748. The number of ether oxygens (including phenoxy) is 1. The van der Waals surface area contributed by atoms with Crippen LogP contribution in [-0.2, 0) is 10.9 Å². The van der Waals surface area contributed by atoms with Crippen LogP contribution in [0.5, 0.6) is 0 Å². The zero-order valence-corrected chi connectivity index (χ0v) is 16.2. The molecule has 0 bridgehead atoms. The van der Waals surface area contributed by atoms with Gasteiger partial charge in [0.1, 0.15) is 0 Å². The summed E-state index contributed by atoms with van der Waals surface area (Å²) in [4.78, 5) is 27.2. The van der Waals surface area contributed by atoms with Gasteiger partial charge in [0.25, 0.3) is 5.91 Å². The molecule has 7 nitrogen and oxygen atoms in total. The lowest BCUT2D eigenvalue weighted by molar-refractivity contribution is -0.143. The molecule has 2 heterocycles. The van der Waals surface area contributed by atoms with Crippen LogP contribution in [0.3, 0.4) is 0 Å². The van der Waals surface area contributed by atoms with Gasteiger partial charge in [0.2, 0.25) is 0 Å². The number of aromatic nitrogens is 2. The van der Waals surface area contributed by atoms with Crippen molar-refractivity contribution in [1.29, 1.82) is 0 Å². The molecule has 0 atom stereocenters. The van der Waals surface area contributed by atoms with Crippen molar-refractivity contribution in [2.75, 3.05) is 32.8 Å². The van der Waals surface area contributed by atoms with Gasteiger partial charge >= 0.3 is 12.3 Å². The largest absolute Gasteiger partial charge is 0.450 e. The Balaban J connectivity index is 1.86. The van der Waals surface area contributed by atoms with Gasteiger partial charge in [0.05, 0.1) is 24.1 Å². The second-order valence-corrected chi connectivity index (χ2v) is 6.71. The lowest BCUT2D eigenvalue weighted by Crippen LogP contribution is -2.51. The molecule has 0 spiro atoms. The molecule has 1 aliphatic heterocycles. The maximum absolute atomic E-state index is 13.8. The molecule has 3 rings (SSSR count). The van der Waals surface area contributed by atoms with E-state index < -0.39 is 29.4 Å². The summed E-state index contributed by atoms with van der Waals surface area (Å²) in [6.07, 6.45) is -4.41. The summed E-state index contributed by atoms with van der Waals surface area (Å²) in [6.45, 7) is 2.43. The van der Waals surface area contributed by atoms with Crippen LogP contribution in [0, 0.1) is 0 Å². The van der Waals surface area contributed by atoms with E-state index in [-0.39, 0.29) is 43.5 Å². The Morgan fingerprint density at radius 1 is 1.17 bits per heavy atom. The average Bonchev–Trinajstić information content (AvgIpc) is 3.13. The van der Waals surface area contributed by atoms with Gasteiger partial charge in [-0.25, -0.2) is 9.48 Å². The van der Waals surface area contributed by atoms with E-state index in [1.807, 2.05) is 0 Å². The fourth-order valence-electron chi connectivity index (χ4n) is 3.06. The van der Waals surface area contributed by atoms with Crippen molar-refractivity contribution in [3.8, 4) is 5.69 Å². The van der Waals surface area contributed by atoms with Gasteiger partial charge in [-0.05, 0) is 25.1 Å². The number of amides is 2. The first-order chi connectivity index (χ1) is 13.7. The third kappa shape index (κ3) is 4.47. The third-order valence-corrected chi connectivity index (χ3v) is 4.65. The summed E-state index contributed by atoms with van der Waals surface area (Å²) < 4.78 is 46.9. The molecule has 2 amide bonds. The average molecular weight is 431 g/mol. The summed E-state index contributed by atoms with van der Waals surface area (Å²) in [5, 5.41) is 4.03. The smallest absolute Gasteiger partial charge is 0.434 e. The van der Waals surface area contributed by atoms with Crippen LogP contribution in [0.1, 0.15) is 23.0 Å². The predicted octanol–water partition coefficient (Wildman–Crippen LogP) is 3.46. The van der Waals surface area contributed by atoms with Gasteiger partial charge in [-0.2, -0.15) is 18.3 Å². The molecule has 1 fully saturated rings. The molecule has 156 valence electrons. The molecular weight excluding hydrogens is 413 g/mol. The minimum absolute atomic E-state index is 0.0935. The molecule has 1 saturated heterocycles. The minimum Gasteiger partial charge on any atom is -0.450 e. The number of carbonyl (C=O) groups is 2. The summed E-state index contributed by atoms with van der Waals surface area (Å²) in [7, 11) is 0. The lowest BCUT2D eigenvalue weighted by Gasteiger charge is -2.34. The zero-order valence-electron chi connectivity index (χ0n) is 15.4. The predicted molar refractivity (Wildman–Crippen MR) is 98.1 cm³/mol. The first kappa shape index (κ1) is 21.0. The molecule has 0 N–H and O–H groups in total. The SMILES string of the molecule is CCOC(=O)N1CCN(C(=O)c2cnn(-c3cccc(Cl)c3)c2C(F)(F)F)CC1. The first-order valence-electron chi connectivity index (χ1n) is 8.84. The van der Waals surface area contributed by atoms with E-state index in [1.165, 1.54) is 34.1 Å². The second kappa shape index (κ2) is 8.32. The molecule has 0 unspecified atom stereocenters. The standard InChI is InChI=1S/C18H18ClF3N4O3/c1-2-29-17(28)25-8-6-24(7-9-25)16(27)14-11-23-26(15(14)18(20,21)22)13-5-3-4-12(19)10-13/h3-5,10-11H,2,6-9H2,1H3. The van der Waals surface area contributed by atoms with Gasteiger partial charge in [-0.3, -0.25) is 4.79 Å². The second-order valence-electron chi connectivity index (χ2n) is 6.27. The zero-order chi connectivity index (χ0) is 21.2. The van der Waals surface area contributed by atoms with Crippen molar-refractivity contribution in [2.24, 2.45) is 0 Å². The molecule has 1 aromatic carbocycles. The molecule has 1 aromatic heterocycles. The monoisotopic (exact) mass is 430 g/mol. The number of halogens is 4. The van der Waals surface area contributed by atoms with Gasteiger partial charge in [-0.15, -0.1) is 0 Å². The highest BCUT2D eigenvalue weighted by Crippen LogP contribution is 2.34. The van der Waals surface area contributed by atoms with E-state index in [1.54, 1.807) is 6.92 Å². The number of rotatable bonds is 3. The number of hydrogen-bond donors (Lipinski definition) is 0. The summed E-state index contributed by atoms with van der Waals surface area (Å²) in [5.74, 6) is -0.797. The Bertz CT molecular complexity index is 908. The molecular formula is C18H18ClF3N4O3. The Morgan fingerprint density at radius 2 is 1.83 bits per heavy atom. The van der Waals surface area contributed by atoms with Crippen molar-refractivity contribution in [3.05, 3.63) is 46.7 Å². The Kier molecular flexibility index (Phi) is 6.02. The summed E-state index contributed by atoms with van der Waals surface area (Å²) >= 11 is 5.87. The maximum Gasteiger partial charge on any atom is 0.434 e. The van der Waals surface area contributed by atoms with Crippen molar-refractivity contribution in [1.82, 2.24) is 19.6 Å². The Hall–Kier alpha value is -2.75. The number of alkyl halides is 3. The Morgan fingerprint density at radius 3 is 2.41 bits per heavy atom. The van der Waals surface area contributed by atoms with Gasteiger partial charge in [0, 0.05) is 31.2 Å². The van der Waals surface area contributed by atoms with Crippen LogP contribution in [0.15, 0.2) is 30.5 Å². The van der Waals surface area contributed by atoms with Crippen molar-refractivity contribution in [2.45, 2.75) is 13.1 Å². The van der Waals surface area contributed by atoms with Gasteiger partial charge in [-0.1, -0.05) is 17.7 Å². The molecule has 1 aliphatic rings. The molecule has 2 aromatic rings. The fourth-order valence-corrected chi connectivity index (χ4v) is 3.24. The van der Waals surface area contributed by atoms with E-state index >= 15 is 0 Å². The topological polar surface area (TPSA) is 67.7 Å². The van der Waals surface area contributed by atoms with Crippen LogP contribution >= 0.6 is 11.6 Å². The van der Waals surface area contributed by atoms with Crippen molar-refractivity contribution >= 4 is 23.6 Å². The molecule has 29 heavy (non-hydrogen) atoms. The van der Waals surface area contributed by atoms with E-state index in [9.17, 15) is 22.8 Å². The molecule has 11 heteroatoms.